The average Bonchev–Trinajstić information content (AvgIpc) is 3.28. The van der Waals surface area contributed by atoms with Crippen LogP contribution in [0.15, 0.2) is 67.0 Å². The zero-order chi connectivity index (χ0) is 23.5. The topological polar surface area (TPSA) is 69.4 Å². The van der Waals surface area contributed by atoms with Crippen LogP contribution in [-0.4, -0.2) is 29.9 Å². The SMILES string of the molecule is CCCCc1ccc(-c2ccc(Cn3cc4nc(-c5cccc(F)c5F)nc-4cn3)nn2)cc1. The van der Waals surface area contributed by atoms with Crippen molar-refractivity contribution in [3.63, 3.8) is 0 Å². The predicted octanol–water partition coefficient (Wildman–Crippen LogP) is 5.57. The Bertz CT molecular complexity index is 1380. The van der Waals surface area contributed by atoms with Gasteiger partial charge in [0.05, 0.1) is 35.9 Å². The molecule has 170 valence electrons. The third-order valence-corrected chi connectivity index (χ3v) is 5.62. The van der Waals surface area contributed by atoms with Crippen molar-refractivity contribution in [1.29, 1.82) is 0 Å². The van der Waals surface area contributed by atoms with Crippen molar-refractivity contribution in [1.82, 2.24) is 29.9 Å². The molecule has 2 aliphatic rings. The van der Waals surface area contributed by atoms with Crippen molar-refractivity contribution in [3.8, 4) is 34.0 Å². The van der Waals surface area contributed by atoms with Gasteiger partial charge in [0, 0.05) is 5.56 Å². The van der Waals surface area contributed by atoms with Crippen LogP contribution >= 0.6 is 0 Å². The van der Waals surface area contributed by atoms with E-state index in [1.165, 1.54) is 30.5 Å². The summed E-state index contributed by atoms with van der Waals surface area (Å²) in [6, 6.07) is 16.2. The Hall–Kier alpha value is -4.07. The molecule has 6 nitrogen and oxygen atoms in total. The summed E-state index contributed by atoms with van der Waals surface area (Å²) in [6.07, 6.45) is 6.70. The minimum atomic E-state index is -0.968. The minimum Gasteiger partial charge on any atom is -0.264 e. The third-order valence-electron chi connectivity index (χ3n) is 5.62. The summed E-state index contributed by atoms with van der Waals surface area (Å²) in [6.45, 7) is 2.58. The molecule has 1 aromatic heterocycles. The Morgan fingerprint density at radius 2 is 1.68 bits per heavy atom. The Morgan fingerprint density at radius 3 is 2.44 bits per heavy atom. The van der Waals surface area contributed by atoms with E-state index in [1.54, 1.807) is 17.1 Å². The maximum absolute atomic E-state index is 14.1. The molecular formula is C26H22F2N6. The van der Waals surface area contributed by atoms with Crippen molar-refractivity contribution in [2.24, 2.45) is 0 Å². The van der Waals surface area contributed by atoms with Gasteiger partial charge in [0.15, 0.2) is 17.5 Å². The molecule has 0 saturated carbocycles. The van der Waals surface area contributed by atoms with Crippen LogP contribution in [0, 0.1) is 11.6 Å². The zero-order valence-corrected chi connectivity index (χ0v) is 18.6. The third kappa shape index (κ3) is 4.52. The van der Waals surface area contributed by atoms with Crippen LogP contribution in [0.1, 0.15) is 31.0 Å². The van der Waals surface area contributed by atoms with Gasteiger partial charge in [0.25, 0.3) is 0 Å². The number of benzene rings is 2. The first-order chi connectivity index (χ1) is 16.6. The fourth-order valence-electron chi connectivity index (χ4n) is 3.73. The van der Waals surface area contributed by atoms with Crippen LogP contribution < -0.4 is 0 Å². The Balaban J connectivity index is 1.32. The number of imidazole rings is 1. The molecule has 0 N–H and O–H groups in total. The smallest absolute Gasteiger partial charge is 0.169 e. The van der Waals surface area contributed by atoms with Crippen molar-refractivity contribution < 1.29 is 8.78 Å². The molecule has 0 amide bonds. The van der Waals surface area contributed by atoms with Crippen molar-refractivity contribution in [3.05, 3.63) is 89.9 Å². The minimum absolute atomic E-state index is 0.0163. The lowest BCUT2D eigenvalue weighted by Crippen LogP contribution is -2.07. The molecular weight excluding hydrogens is 434 g/mol. The van der Waals surface area contributed by atoms with Crippen LogP contribution in [0.5, 0.6) is 0 Å². The molecule has 8 heteroatoms. The Kier molecular flexibility index (Phi) is 6.03. The second-order valence-corrected chi connectivity index (χ2v) is 8.10. The van der Waals surface area contributed by atoms with Gasteiger partial charge in [-0.3, -0.25) is 4.68 Å². The van der Waals surface area contributed by atoms with Crippen LogP contribution in [-0.2, 0) is 13.0 Å². The molecule has 0 fully saturated rings. The fourth-order valence-corrected chi connectivity index (χ4v) is 3.73. The van der Waals surface area contributed by atoms with E-state index in [-0.39, 0.29) is 11.4 Å². The number of aryl methyl sites for hydroxylation is 1. The molecule has 34 heavy (non-hydrogen) atoms. The first-order valence-electron chi connectivity index (χ1n) is 11.2. The summed E-state index contributed by atoms with van der Waals surface area (Å²) >= 11 is 0. The molecule has 5 rings (SSSR count). The van der Waals surface area contributed by atoms with Gasteiger partial charge in [-0.25, -0.2) is 18.7 Å². The molecule has 0 atom stereocenters. The van der Waals surface area contributed by atoms with Crippen molar-refractivity contribution in [2.75, 3.05) is 0 Å². The number of fused-ring (bicyclic) bond motifs is 1. The van der Waals surface area contributed by atoms with Crippen molar-refractivity contribution >= 4 is 0 Å². The van der Waals surface area contributed by atoms with Crippen LogP contribution in [0.4, 0.5) is 8.78 Å². The van der Waals surface area contributed by atoms with Gasteiger partial charge in [0.2, 0.25) is 0 Å². The number of hydrogen-bond acceptors (Lipinski definition) is 5. The molecule has 0 bridgehead atoms. The zero-order valence-electron chi connectivity index (χ0n) is 18.6. The molecule has 3 heterocycles. The molecule has 2 aromatic carbocycles. The van der Waals surface area contributed by atoms with E-state index >= 15 is 0 Å². The van der Waals surface area contributed by atoms with E-state index in [4.69, 9.17) is 0 Å². The van der Waals surface area contributed by atoms with E-state index in [2.05, 4.69) is 56.5 Å². The lowest BCUT2D eigenvalue weighted by molar-refractivity contribution is 0.510. The Labute approximate surface area is 195 Å². The van der Waals surface area contributed by atoms with Gasteiger partial charge in [-0.2, -0.15) is 15.3 Å². The molecule has 3 aromatic rings. The highest BCUT2D eigenvalue weighted by molar-refractivity contribution is 5.65. The highest BCUT2D eigenvalue weighted by Crippen LogP contribution is 2.27. The van der Waals surface area contributed by atoms with Crippen LogP contribution in [0.3, 0.4) is 0 Å². The molecule has 0 saturated heterocycles. The lowest BCUT2D eigenvalue weighted by Gasteiger charge is -2.07. The molecule has 2 aliphatic heterocycles. The van der Waals surface area contributed by atoms with E-state index in [9.17, 15) is 8.78 Å². The first kappa shape index (κ1) is 21.8. The van der Waals surface area contributed by atoms with Gasteiger partial charge in [-0.15, -0.1) is 0 Å². The van der Waals surface area contributed by atoms with Gasteiger partial charge >= 0.3 is 0 Å². The van der Waals surface area contributed by atoms with Crippen LogP contribution in [0.25, 0.3) is 34.0 Å². The normalized spacial score (nSPS) is 11.3. The summed E-state index contributed by atoms with van der Waals surface area (Å²) in [7, 11) is 0. The highest BCUT2D eigenvalue weighted by atomic mass is 19.2. The Morgan fingerprint density at radius 1 is 0.853 bits per heavy atom. The highest BCUT2D eigenvalue weighted by Gasteiger charge is 2.18. The molecule has 0 aliphatic carbocycles. The van der Waals surface area contributed by atoms with Gasteiger partial charge in [-0.05, 0) is 42.7 Å². The summed E-state index contributed by atoms with van der Waals surface area (Å²) in [5.41, 5.74) is 4.93. The second-order valence-electron chi connectivity index (χ2n) is 8.10. The van der Waals surface area contributed by atoms with E-state index in [1.807, 2.05) is 12.1 Å². The van der Waals surface area contributed by atoms with E-state index in [0.717, 1.165) is 29.4 Å². The second kappa shape index (κ2) is 9.43. The standard InChI is InChI=1S/C26H22F2N6/c1-2-3-5-17-8-10-18(11-9-17)22-13-12-19(32-33-22)15-34-16-24-23(14-29-34)30-26(31-24)20-6-4-7-21(27)25(20)28/h4,6-14,16H,2-3,5,15H2,1H3. The fraction of sp³-hybridized carbons (Fsp3) is 0.192. The quantitative estimate of drug-likeness (QED) is 0.320. The number of rotatable bonds is 7. The predicted molar refractivity (Wildman–Crippen MR) is 125 cm³/mol. The number of hydrogen-bond donors (Lipinski definition) is 0. The molecule has 0 spiro atoms. The van der Waals surface area contributed by atoms with Gasteiger partial charge in [0.1, 0.15) is 11.4 Å². The molecule has 0 radical (unpaired) electrons. The van der Waals surface area contributed by atoms with Crippen LogP contribution in [0.2, 0.25) is 0 Å². The van der Waals surface area contributed by atoms with E-state index < -0.39 is 11.6 Å². The lowest BCUT2D eigenvalue weighted by atomic mass is 10.0. The maximum atomic E-state index is 14.1. The monoisotopic (exact) mass is 456 g/mol. The number of unbranched alkanes of at least 4 members (excludes halogenated alkanes) is 1. The summed E-state index contributed by atoms with van der Waals surface area (Å²) in [5, 5.41) is 13.0. The number of aromatic nitrogens is 6. The largest absolute Gasteiger partial charge is 0.264 e. The summed E-state index contributed by atoms with van der Waals surface area (Å²) in [4.78, 5) is 8.63. The van der Waals surface area contributed by atoms with Gasteiger partial charge < -0.3 is 0 Å². The molecule has 0 unspecified atom stereocenters. The first-order valence-corrected chi connectivity index (χ1v) is 11.2. The maximum Gasteiger partial charge on any atom is 0.169 e. The van der Waals surface area contributed by atoms with Gasteiger partial charge in [-0.1, -0.05) is 43.7 Å². The summed E-state index contributed by atoms with van der Waals surface area (Å²) in [5.74, 6) is -1.78. The summed E-state index contributed by atoms with van der Waals surface area (Å²) < 4.78 is 29.3. The average molecular weight is 457 g/mol. The number of halogens is 2. The van der Waals surface area contributed by atoms with Crippen molar-refractivity contribution in [2.45, 2.75) is 32.7 Å². The van der Waals surface area contributed by atoms with E-state index in [0.29, 0.717) is 17.9 Å². The number of nitrogens with zero attached hydrogens (tertiary/aromatic N) is 6.